The molecular formula is C14H17N3O5. The van der Waals surface area contributed by atoms with Crippen LogP contribution in [0.25, 0.3) is 0 Å². The number of nitrogens with zero attached hydrogens (tertiary/aromatic N) is 3. The van der Waals surface area contributed by atoms with E-state index in [1.165, 1.54) is 32.2 Å². The summed E-state index contributed by atoms with van der Waals surface area (Å²) in [7, 11) is 2.76. The molecule has 0 aromatic carbocycles. The Morgan fingerprint density at radius 1 is 1.50 bits per heavy atom. The van der Waals surface area contributed by atoms with E-state index >= 15 is 0 Å². The van der Waals surface area contributed by atoms with Crippen LogP contribution in [-0.2, 0) is 20.9 Å². The van der Waals surface area contributed by atoms with Gasteiger partial charge in [-0.25, -0.2) is 9.78 Å². The molecule has 3 amide bonds. The molecule has 118 valence electrons. The fourth-order valence-electron chi connectivity index (χ4n) is 2.24. The van der Waals surface area contributed by atoms with E-state index in [1.54, 1.807) is 6.07 Å². The van der Waals surface area contributed by atoms with Gasteiger partial charge in [0.15, 0.2) is 0 Å². The van der Waals surface area contributed by atoms with E-state index in [-0.39, 0.29) is 18.9 Å². The first-order valence-electron chi connectivity index (χ1n) is 6.64. The Morgan fingerprint density at radius 2 is 2.18 bits per heavy atom. The minimum absolute atomic E-state index is 0.0830. The fourth-order valence-corrected chi connectivity index (χ4v) is 2.24. The predicted molar refractivity (Wildman–Crippen MR) is 75.9 cm³/mol. The molecule has 1 atom stereocenters. The molecule has 1 aliphatic rings. The third-order valence-corrected chi connectivity index (χ3v) is 3.48. The molecule has 2 rings (SSSR count). The van der Waals surface area contributed by atoms with Crippen molar-refractivity contribution in [3.8, 4) is 0 Å². The zero-order chi connectivity index (χ0) is 16.4. The van der Waals surface area contributed by atoms with Gasteiger partial charge in [-0.05, 0) is 11.6 Å². The van der Waals surface area contributed by atoms with Crippen molar-refractivity contribution in [3.05, 3.63) is 23.4 Å². The molecule has 0 saturated carbocycles. The van der Waals surface area contributed by atoms with Crippen LogP contribution in [0.1, 0.15) is 30.6 Å². The summed E-state index contributed by atoms with van der Waals surface area (Å²) >= 11 is 0. The molecule has 8 heteroatoms. The Hall–Kier alpha value is -2.48. The normalized spacial score (nSPS) is 15.4. The highest BCUT2D eigenvalue weighted by atomic mass is 16.5. The van der Waals surface area contributed by atoms with E-state index in [0.717, 1.165) is 4.90 Å². The van der Waals surface area contributed by atoms with Gasteiger partial charge in [0.05, 0.1) is 26.2 Å². The van der Waals surface area contributed by atoms with Crippen LogP contribution in [0.3, 0.4) is 0 Å². The molecule has 0 bridgehead atoms. The number of fused-ring (bicyclic) bond motifs is 1. The van der Waals surface area contributed by atoms with Crippen molar-refractivity contribution in [3.63, 3.8) is 0 Å². The van der Waals surface area contributed by atoms with Crippen molar-refractivity contribution < 1.29 is 24.2 Å². The van der Waals surface area contributed by atoms with Gasteiger partial charge in [0.25, 0.3) is 0 Å². The Kier molecular flexibility index (Phi) is 4.41. The van der Waals surface area contributed by atoms with Gasteiger partial charge >= 0.3 is 12.0 Å². The summed E-state index contributed by atoms with van der Waals surface area (Å²) in [6.45, 7) is 1.39. The molecule has 0 spiro atoms. The van der Waals surface area contributed by atoms with Crippen LogP contribution >= 0.6 is 0 Å². The predicted octanol–water partition coefficient (Wildman–Crippen LogP) is 0.596. The number of hydrogen-bond acceptors (Lipinski definition) is 6. The minimum Gasteiger partial charge on any atom is -0.469 e. The van der Waals surface area contributed by atoms with Crippen LogP contribution in [0, 0.1) is 0 Å². The summed E-state index contributed by atoms with van der Waals surface area (Å²) in [5.74, 6) is -0.484. The number of carbonyl (C=O) groups excluding carboxylic acids is 3. The molecule has 1 aliphatic heterocycles. The lowest BCUT2D eigenvalue weighted by molar-refractivity contribution is -0.142. The number of ether oxygens (including phenoxy) is 1. The standard InChI is InChI=1S/C14H17N3O5/c1-8(18)17-7-10-4-9(11(19)5-12(20)22-3)6-15-13(10)16(2)14(17)21/h4,6,11,19H,5,7H2,1-3H3. The maximum atomic E-state index is 12.0. The maximum Gasteiger partial charge on any atom is 0.332 e. The monoisotopic (exact) mass is 307 g/mol. The maximum absolute atomic E-state index is 12.0. The number of urea groups is 1. The van der Waals surface area contributed by atoms with Gasteiger partial charge in [-0.2, -0.15) is 0 Å². The van der Waals surface area contributed by atoms with Gasteiger partial charge in [0, 0.05) is 25.7 Å². The van der Waals surface area contributed by atoms with E-state index in [1.807, 2.05) is 0 Å². The number of rotatable bonds is 3. The van der Waals surface area contributed by atoms with E-state index in [9.17, 15) is 19.5 Å². The van der Waals surface area contributed by atoms with Crippen molar-refractivity contribution in [2.24, 2.45) is 0 Å². The van der Waals surface area contributed by atoms with Gasteiger partial charge in [-0.15, -0.1) is 0 Å². The lowest BCUT2D eigenvalue weighted by Gasteiger charge is -2.32. The van der Waals surface area contributed by atoms with Crippen LogP contribution in [-0.4, -0.2) is 47.1 Å². The number of pyridine rings is 1. The smallest absolute Gasteiger partial charge is 0.332 e. The fraction of sp³-hybridized carbons (Fsp3) is 0.429. The molecule has 1 N–H and O–H groups in total. The number of amides is 3. The molecule has 0 aliphatic carbocycles. The molecule has 2 heterocycles. The molecule has 0 saturated heterocycles. The SMILES string of the molecule is COC(=O)CC(O)c1cnc2c(c1)CN(C(C)=O)C(=O)N2C. The molecule has 1 unspecified atom stereocenters. The number of aliphatic hydroxyl groups is 1. The Morgan fingerprint density at radius 3 is 2.77 bits per heavy atom. The second-order valence-electron chi connectivity index (χ2n) is 4.99. The molecule has 0 fully saturated rings. The van der Waals surface area contributed by atoms with E-state index in [2.05, 4.69) is 9.72 Å². The van der Waals surface area contributed by atoms with Crippen molar-refractivity contribution in [1.29, 1.82) is 0 Å². The topological polar surface area (TPSA) is 100 Å². The molecule has 1 aromatic heterocycles. The lowest BCUT2D eigenvalue weighted by atomic mass is 10.0. The summed E-state index contributed by atoms with van der Waals surface area (Å²) < 4.78 is 4.51. The lowest BCUT2D eigenvalue weighted by Crippen LogP contribution is -2.47. The number of aromatic nitrogens is 1. The number of aliphatic hydroxyl groups excluding tert-OH is 1. The summed E-state index contributed by atoms with van der Waals surface area (Å²) in [6.07, 6.45) is 0.154. The average molecular weight is 307 g/mol. The van der Waals surface area contributed by atoms with Crippen LogP contribution in [0.4, 0.5) is 10.6 Å². The van der Waals surface area contributed by atoms with Crippen LogP contribution < -0.4 is 4.90 Å². The third-order valence-electron chi connectivity index (χ3n) is 3.48. The Labute approximate surface area is 127 Å². The average Bonchev–Trinajstić information content (AvgIpc) is 2.49. The molecule has 1 aromatic rings. The Bertz CT molecular complexity index is 631. The van der Waals surface area contributed by atoms with Crippen LogP contribution in [0.2, 0.25) is 0 Å². The largest absolute Gasteiger partial charge is 0.469 e. The Balaban J connectivity index is 2.31. The first kappa shape index (κ1) is 15.9. The number of carbonyl (C=O) groups is 3. The molecule has 8 nitrogen and oxygen atoms in total. The summed E-state index contributed by atoms with van der Waals surface area (Å²) in [6, 6.07) is 1.19. The first-order chi connectivity index (χ1) is 10.3. The summed E-state index contributed by atoms with van der Waals surface area (Å²) in [5.41, 5.74) is 1.05. The highest BCUT2D eigenvalue weighted by Gasteiger charge is 2.31. The number of hydrogen-bond donors (Lipinski definition) is 1. The van der Waals surface area contributed by atoms with Gasteiger partial charge in [-0.3, -0.25) is 19.4 Å². The zero-order valence-corrected chi connectivity index (χ0v) is 12.6. The van der Waals surface area contributed by atoms with Crippen molar-refractivity contribution >= 4 is 23.7 Å². The molecule has 22 heavy (non-hydrogen) atoms. The van der Waals surface area contributed by atoms with Gasteiger partial charge in [-0.1, -0.05) is 0 Å². The van der Waals surface area contributed by atoms with Crippen molar-refractivity contribution in [1.82, 2.24) is 9.88 Å². The molecule has 0 radical (unpaired) electrons. The third kappa shape index (κ3) is 2.91. The quantitative estimate of drug-likeness (QED) is 0.821. The van der Waals surface area contributed by atoms with Crippen LogP contribution in [0.15, 0.2) is 12.3 Å². The zero-order valence-electron chi connectivity index (χ0n) is 12.6. The second-order valence-corrected chi connectivity index (χ2v) is 4.99. The molecular weight excluding hydrogens is 290 g/mol. The van der Waals surface area contributed by atoms with Gasteiger partial charge in [0.2, 0.25) is 5.91 Å². The van der Waals surface area contributed by atoms with E-state index < -0.39 is 18.1 Å². The minimum atomic E-state index is -1.06. The summed E-state index contributed by atoms with van der Waals surface area (Å²) in [5, 5.41) is 10.0. The number of imide groups is 1. The van der Waals surface area contributed by atoms with Crippen molar-refractivity contribution in [2.45, 2.75) is 26.0 Å². The summed E-state index contributed by atoms with van der Waals surface area (Å²) in [4.78, 5) is 41.3. The highest BCUT2D eigenvalue weighted by molar-refractivity contribution is 6.03. The van der Waals surface area contributed by atoms with E-state index in [0.29, 0.717) is 16.9 Å². The van der Waals surface area contributed by atoms with E-state index in [4.69, 9.17) is 0 Å². The number of esters is 1. The number of methoxy groups -OCH3 is 1. The van der Waals surface area contributed by atoms with Gasteiger partial charge < -0.3 is 9.84 Å². The van der Waals surface area contributed by atoms with Crippen LogP contribution in [0.5, 0.6) is 0 Å². The first-order valence-corrected chi connectivity index (χ1v) is 6.64. The highest BCUT2D eigenvalue weighted by Crippen LogP contribution is 2.28. The number of anilines is 1. The van der Waals surface area contributed by atoms with Crippen molar-refractivity contribution in [2.75, 3.05) is 19.1 Å². The second kappa shape index (κ2) is 6.10. The van der Waals surface area contributed by atoms with Gasteiger partial charge in [0.1, 0.15) is 5.82 Å².